The Labute approximate surface area is 172 Å². The molecule has 30 heavy (non-hydrogen) atoms. The Balaban J connectivity index is 2.00. The van der Waals surface area contributed by atoms with Crippen LogP contribution in [0, 0.1) is 20.2 Å². The van der Waals surface area contributed by atoms with Gasteiger partial charge in [-0.05, 0) is 19.1 Å². The maximum absolute atomic E-state index is 12.7. The van der Waals surface area contributed by atoms with E-state index < -0.39 is 33.1 Å². The second-order valence-corrected chi connectivity index (χ2v) is 6.64. The number of carbonyl (C=O) groups excluding carboxylic acids is 2. The predicted octanol–water partition coefficient (Wildman–Crippen LogP) is 4.25. The van der Waals surface area contributed by atoms with Crippen molar-refractivity contribution in [3.63, 3.8) is 0 Å². The molecule has 0 aliphatic heterocycles. The van der Waals surface area contributed by atoms with Gasteiger partial charge < -0.3 is 14.5 Å². The van der Waals surface area contributed by atoms with Gasteiger partial charge in [0, 0.05) is 23.1 Å². The van der Waals surface area contributed by atoms with Crippen molar-refractivity contribution in [1.29, 1.82) is 0 Å². The Morgan fingerprint density at radius 2 is 1.83 bits per heavy atom. The van der Waals surface area contributed by atoms with Crippen molar-refractivity contribution in [2.75, 3.05) is 11.9 Å². The van der Waals surface area contributed by atoms with Crippen LogP contribution in [0.25, 0.3) is 11.3 Å². The fourth-order valence-corrected chi connectivity index (χ4v) is 3.51. The smallest absolute Gasteiger partial charge is 0.341 e. The number of esters is 1. The van der Waals surface area contributed by atoms with Crippen LogP contribution >= 0.6 is 11.3 Å². The van der Waals surface area contributed by atoms with Crippen molar-refractivity contribution >= 4 is 39.6 Å². The van der Waals surface area contributed by atoms with Crippen LogP contribution < -0.4 is 5.32 Å². The van der Waals surface area contributed by atoms with Crippen molar-refractivity contribution in [2.45, 2.75) is 6.92 Å². The summed E-state index contributed by atoms with van der Waals surface area (Å²) in [5.41, 5.74) is -1.09. The summed E-state index contributed by atoms with van der Waals surface area (Å²) < 4.78 is 10.4. The van der Waals surface area contributed by atoms with Crippen molar-refractivity contribution in [3.05, 3.63) is 73.3 Å². The van der Waals surface area contributed by atoms with Gasteiger partial charge in [-0.15, -0.1) is 11.3 Å². The highest BCUT2D eigenvalue weighted by atomic mass is 32.1. The van der Waals surface area contributed by atoms with Crippen LogP contribution in [0.4, 0.5) is 16.4 Å². The van der Waals surface area contributed by atoms with Crippen LogP contribution in [-0.2, 0) is 4.74 Å². The minimum Gasteiger partial charge on any atom is -0.464 e. The lowest BCUT2D eigenvalue weighted by Gasteiger charge is -2.08. The quantitative estimate of drug-likeness (QED) is 0.330. The number of nitrogens with zero attached hydrogens (tertiary/aromatic N) is 2. The Hall–Kier alpha value is -4.06. The molecule has 1 aromatic carbocycles. The SMILES string of the molecule is CCOC(=O)c1c(-c2ccco2)csc1NC(=O)c1cc([N+](=O)[O-])cc([N+](=O)[O-])c1. The summed E-state index contributed by atoms with van der Waals surface area (Å²) >= 11 is 1.01. The Morgan fingerprint density at radius 3 is 2.37 bits per heavy atom. The number of thiophene rings is 1. The molecule has 2 aromatic heterocycles. The van der Waals surface area contributed by atoms with E-state index in [2.05, 4.69) is 5.32 Å². The summed E-state index contributed by atoms with van der Waals surface area (Å²) in [6, 6.07) is 5.82. The number of anilines is 1. The number of nitro benzene ring substituents is 2. The molecule has 0 unspecified atom stereocenters. The molecule has 154 valence electrons. The molecule has 0 fully saturated rings. The highest BCUT2D eigenvalue weighted by Crippen LogP contribution is 2.37. The van der Waals surface area contributed by atoms with Crippen LogP contribution in [-0.4, -0.2) is 28.3 Å². The van der Waals surface area contributed by atoms with Crippen LogP contribution in [0.3, 0.4) is 0 Å². The van der Waals surface area contributed by atoms with Crippen molar-refractivity contribution in [1.82, 2.24) is 0 Å². The van der Waals surface area contributed by atoms with E-state index in [1.807, 2.05) is 0 Å². The average molecular weight is 431 g/mol. The van der Waals surface area contributed by atoms with E-state index in [0.717, 1.165) is 29.5 Å². The number of rotatable bonds is 7. The number of hydrogen-bond acceptors (Lipinski definition) is 9. The van der Waals surface area contributed by atoms with Gasteiger partial charge >= 0.3 is 5.97 Å². The molecule has 0 aliphatic rings. The number of carbonyl (C=O) groups is 2. The van der Waals surface area contributed by atoms with E-state index in [1.165, 1.54) is 6.26 Å². The molecular weight excluding hydrogens is 418 g/mol. The van der Waals surface area contributed by atoms with E-state index >= 15 is 0 Å². The third-order valence-electron chi connectivity index (χ3n) is 3.87. The summed E-state index contributed by atoms with van der Waals surface area (Å²) in [6.07, 6.45) is 1.42. The summed E-state index contributed by atoms with van der Waals surface area (Å²) in [5.74, 6) is -1.19. The second-order valence-electron chi connectivity index (χ2n) is 5.76. The van der Waals surface area contributed by atoms with Crippen molar-refractivity contribution in [2.24, 2.45) is 0 Å². The fourth-order valence-electron chi connectivity index (χ4n) is 2.58. The van der Waals surface area contributed by atoms with Gasteiger partial charge in [0.1, 0.15) is 16.3 Å². The molecule has 11 nitrogen and oxygen atoms in total. The molecule has 0 aliphatic carbocycles. The van der Waals surface area contributed by atoms with Crippen LogP contribution in [0.15, 0.2) is 46.4 Å². The third-order valence-corrected chi connectivity index (χ3v) is 4.77. The first-order valence-corrected chi connectivity index (χ1v) is 9.27. The molecular formula is C18H13N3O8S. The first-order chi connectivity index (χ1) is 14.3. The number of non-ortho nitro benzene ring substituents is 2. The van der Waals surface area contributed by atoms with Gasteiger partial charge in [0.2, 0.25) is 0 Å². The van der Waals surface area contributed by atoms with Gasteiger partial charge in [-0.2, -0.15) is 0 Å². The van der Waals surface area contributed by atoms with Gasteiger partial charge in [-0.25, -0.2) is 4.79 Å². The number of nitro groups is 2. The van der Waals surface area contributed by atoms with Gasteiger partial charge in [-0.3, -0.25) is 25.0 Å². The molecule has 3 rings (SSSR count). The monoisotopic (exact) mass is 431 g/mol. The van der Waals surface area contributed by atoms with Crippen LogP contribution in [0.5, 0.6) is 0 Å². The normalized spacial score (nSPS) is 10.4. The Kier molecular flexibility index (Phi) is 5.88. The van der Waals surface area contributed by atoms with E-state index in [1.54, 1.807) is 24.4 Å². The maximum Gasteiger partial charge on any atom is 0.341 e. The molecule has 2 heterocycles. The second kappa shape index (κ2) is 8.53. The minimum absolute atomic E-state index is 0.0464. The fraction of sp³-hybridized carbons (Fsp3) is 0.111. The van der Waals surface area contributed by atoms with Crippen molar-refractivity contribution < 1.29 is 28.6 Å². The minimum atomic E-state index is -0.861. The van der Waals surface area contributed by atoms with E-state index in [9.17, 15) is 29.8 Å². The van der Waals surface area contributed by atoms with Gasteiger partial charge in [0.25, 0.3) is 17.3 Å². The molecule has 0 radical (unpaired) electrons. The summed E-state index contributed by atoms with van der Waals surface area (Å²) in [5, 5.41) is 26.2. The van der Waals surface area contributed by atoms with Gasteiger partial charge in [-0.1, -0.05) is 0 Å². The number of nitrogens with one attached hydrogen (secondary N) is 1. The zero-order chi connectivity index (χ0) is 21.8. The van der Waals surface area contributed by atoms with Crippen molar-refractivity contribution in [3.8, 4) is 11.3 Å². The van der Waals surface area contributed by atoms with Gasteiger partial charge in [0.05, 0.1) is 34.3 Å². The van der Waals surface area contributed by atoms with Crippen LogP contribution in [0.1, 0.15) is 27.6 Å². The number of furan rings is 1. The highest BCUT2D eigenvalue weighted by Gasteiger charge is 2.26. The topological polar surface area (TPSA) is 155 Å². The van der Waals surface area contributed by atoms with Gasteiger partial charge in [0.15, 0.2) is 0 Å². The molecule has 3 aromatic rings. The molecule has 12 heteroatoms. The lowest BCUT2D eigenvalue weighted by Crippen LogP contribution is -2.15. The average Bonchev–Trinajstić information content (AvgIpc) is 3.37. The largest absolute Gasteiger partial charge is 0.464 e. The Morgan fingerprint density at radius 1 is 1.17 bits per heavy atom. The molecule has 0 saturated heterocycles. The first-order valence-electron chi connectivity index (χ1n) is 8.39. The summed E-state index contributed by atoms with van der Waals surface area (Å²) in [6.45, 7) is 1.72. The number of benzene rings is 1. The van der Waals surface area contributed by atoms with E-state index in [0.29, 0.717) is 11.3 Å². The summed E-state index contributed by atoms with van der Waals surface area (Å²) in [4.78, 5) is 45.5. The lowest BCUT2D eigenvalue weighted by atomic mass is 10.1. The molecule has 1 amide bonds. The third kappa shape index (κ3) is 4.17. The molecule has 1 N–H and O–H groups in total. The molecule has 0 bridgehead atoms. The zero-order valence-corrected chi connectivity index (χ0v) is 16.1. The molecule has 0 atom stereocenters. The standard InChI is InChI=1S/C18H13N3O8S/c1-2-28-18(23)15-13(14-4-3-5-29-14)9-30-17(15)19-16(22)10-6-11(20(24)25)8-12(7-10)21(26)27/h3-9H,2H2,1H3,(H,19,22). The first kappa shape index (κ1) is 20.7. The Bertz CT molecular complexity index is 1100. The highest BCUT2D eigenvalue weighted by molar-refractivity contribution is 7.15. The number of hydrogen-bond donors (Lipinski definition) is 1. The van der Waals surface area contributed by atoms with E-state index in [-0.39, 0.29) is 22.7 Å². The number of ether oxygens (including phenoxy) is 1. The molecule has 0 spiro atoms. The predicted molar refractivity (Wildman–Crippen MR) is 106 cm³/mol. The van der Waals surface area contributed by atoms with Crippen LogP contribution in [0.2, 0.25) is 0 Å². The maximum atomic E-state index is 12.7. The van der Waals surface area contributed by atoms with E-state index in [4.69, 9.17) is 9.15 Å². The molecule has 0 saturated carbocycles. The lowest BCUT2D eigenvalue weighted by molar-refractivity contribution is -0.394. The zero-order valence-electron chi connectivity index (χ0n) is 15.3. The summed E-state index contributed by atoms with van der Waals surface area (Å²) in [7, 11) is 0. The number of amides is 1.